The van der Waals surface area contributed by atoms with Crippen LogP contribution in [0, 0.1) is 0 Å². The van der Waals surface area contributed by atoms with Gasteiger partial charge >= 0.3 is 0 Å². The molecule has 6 heteroatoms. The van der Waals surface area contributed by atoms with Crippen LogP contribution in [0.1, 0.15) is 22.8 Å². The lowest BCUT2D eigenvalue weighted by molar-refractivity contribution is 0.0748. The van der Waals surface area contributed by atoms with E-state index in [4.69, 9.17) is 21.1 Å². The molecule has 0 N–H and O–H groups in total. The Bertz CT molecular complexity index is 703. The molecule has 3 rings (SSSR count). The summed E-state index contributed by atoms with van der Waals surface area (Å²) in [4.78, 5) is 18.3. The standard InChI is InChI=1S/C17H17ClN2O3/c1-2-20(17(21)12-6-7-15(18)19-10-12)11-13-4-3-5-14-16(13)23-9-8-22-14/h3-7,10H,2,8-9,11H2,1H3. The van der Waals surface area contributed by atoms with Crippen molar-refractivity contribution < 1.29 is 14.3 Å². The van der Waals surface area contributed by atoms with E-state index < -0.39 is 0 Å². The van der Waals surface area contributed by atoms with Crippen molar-refractivity contribution in [2.75, 3.05) is 19.8 Å². The number of carbonyl (C=O) groups is 1. The highest BCUT2D eigenvalue weighted by molar-refractivity contribution is 6.29. The number of nitrogens with zero attached hydrogens (tertiary/aromatic N) is 2. The van der Waals surface area contributed by atoms with Gasteiger partial charge in [-0.05, 0) is 25.1 Å². The summed E-state index contributed by atoms with van der Waals surface area (Å²) in [6.45, 7) is 4.03. The van der Waals surface area contributed by atoms with Gasteiger partial charge in [-0.25, -0.2) is 4.98 Å². The Morgan fingerprint density at radius 2 is 2.09 bits per heavy atom. The Morgan fingerprint density at radius 3 is 2.83 bits per heavy atom. The number of pyridine rings is 1. The Balaban J connectivity index is 1.82. The first-order chi connectivity index (χ1) is 11.2. The molecule has 1 aliphatic heterocycles. The smallest absolute Gasteiger partial charge is 0.255 e. The summed E-state index contributed by atoms with van der Waals surface area (Å²) in [6.07, 6.45) is 1.49. The first-order valence-corrected chi connectivity index (χ1v) is 7.85. The molecule has 2 aromatic rings. The quantitative estimate of drug-likeness (QED) is 0.807. The van der Waals surface area contributed by atoms with Crippen molar-refractivity contribution in [1.29, 1.82) is 0 Å². The van der Waals surface area contributed by atoms with Crippen LogP contribution < -0.4 is 9.47 Å². The minimum absolute atomic E-state index is 0.0917. The van der Waals surface area contributed by atoms with Gasteiger partial charge in [0.25, 0.3) is 5.91 Å². The lowest BCUT2D eigenvalue weighted by Gasteiger charge is -2.25. The van der Waals surface area contributed by atoms with Crippen molar-refractivity contribution in [3.8, 4) is 11.5 Å². The molecule has 1 aliphatic rings. The number of aromatic nitrogens is 1. The molecule has 2 heterocycles. The molecule has 0 aliphatic carbocycles. The largest absolute Gasteiger partial charge is 0.486 e. The number of benzene rings is 1. The molecule has 0 saturated heterocycles. The lowest BCUT2D eigenvalue weighted by atomic mass is 10.1. The highest BCUT2D eigenvalue weighted by Gasteiger charge is 2.20. The highest BCUT2D eigenvalue weighted by atomic mass is 35.5. The van der Waals surface area contributed by atoms with Crippen LogP contribution in [0.4, 0.5) is 0 Å². The average Bonchev–Trinajstić information content (AvgIpc) is 2.60. The molecule has 0 bridgehead atoms. The minimum Gasteiger partial charge on any atom is -0.486 e. The summed E-state index contributed by atoms with van der Waals surface area (Å²) < 4.78 is 11.3. The van der Waals surface area contributed by atoms with Crippen molar-refractivity contribution in [2.24, 2.45) is 0 Å². The molecular formula is C17H17ClN2O3. The molecule has 23 heavy (non-hydrogen) atoms. The maximum Gasteiger partial charge on any atom is 0.255 e. The second-order valence-corrected chi connectivity index (χ2v) is 5.52. The summed E-state index contributed by atoms with van der Waals surface area (Å²) in [5, 5.41) is 0.368. The summed E-state index contributed by atoms with van der Waals surface area (Å²) in [6, 6.07) is 9.03. The van der Waals surface area contributed by atoms with E-state index in [0.717, 1.165) is 17.1 Å². The summed E-state index contributed by atoms with van der Waals surface area (Å²) in [5.74, 6) is 1.36. The molecule has 120 valence electrons. The van der Waals surface area contributed by atoms with Crippen LogP contribution in [-0.4, -0.2) is 35.5 Å². The van der Waals surface area contributed by atoms with Gasteiger partial charge in [0.15, 0.2) is 11.5 Å². The van der Waals surface area contributed by atoms with E-state index in [1.165, 1.54) is 6.20 Å². The molecule has 0 fully saturated rings. The molecule has 1 amide bonds. The number of hydrogen-bond acceptors (Lipinski definition) is 4. The van der Waals surface area contributed by atoms with Crippen molar-refractivity contribution in [2.45, 2.75) is 13.5 Å². The number of rotatable bonds is 4. The molecule has 0 atom stereocenters. The lowest BCUT2D eigenvalue weighted by Crippen LogP contribution is -2.31. The molecule has 0 saturated carbocycles. The maximum absolute atomic E-state index is 12.6. The molecule has 1 aromatic carbocycles. The van der Waals surface area contributed by atoms with Crippen LogP contribution in [-0.2, 0) is 6.54 Å². The number of para-hydroxylation sites is 1. The summed E-state index contributed by atoms with van der Waals surface area (Å²) in [5.41, 5.74) is 1.44. The van der Waals surface area contributed by atoms with Gasteiger partial charge in [-0.2, -0.15) is 0 Å². The average molecular weight is 333 g/mol. The van der Waals surface area contributed by atoms with E-state index in [9.17, 15) is 4.79 Å². The Kier molecular flexibility index (Phi) is 4.67. The fourth-order valence-corrected chi connectivity index (χ4v) is 2.59. The number of carbonyl (C=O) groups excluding carboxylic acids is 1. The van der Waals surface area contributed by atoms with Gasteiger partial charge in [-0.3, -0.25) is 4.79 Å². The van der Waals surface area contributed by atoms with Crippen LogP contribution in [0.5, 0.6) is 11.5 Å². The van der Waals surface area contributed by atoms with Gasteiger partial charge in [0.1, 0.15) is 18.4 Å². The second kappa shape index (κ2) is 6.87. The van der Waals surface area contributed by atoms with E-state index in [-0.39, 0.29) is 5.91 Å². The summed E-state index contributed by atoms with van der Waals surface area (Å²) >= 11 is 5.77. The number of fused-ring (bicyclic) bond motifs is 1. The molecule has 0 spiro atoms. The van der Waals surface area contributed by atoms with Gasteiger partial charge < -0.3 is 14.4 Å². The first kappa shape index (κ1) is 15.6. The van der Waals surface area contributed by atoms with Gasteiger partial charge in [-0.15, -0.1) is 0 Å². The van der Waals surface area contributed by atoms with Crippen LogP contribution in [0.3, 0.4) is 0 Å². The number of halogens is 1. The van der Waals surface area contributed by atoms with E-state index in [2.05, 4.69) is 4.98 Å². The fraction of sp³-hybridized carbons (Fsp3) is 0.294. The molecule has 5 nitrogen and oxygen atoms in total. The third-order valence-corrected chi connectivity index (χ3v) is 3.88. The van der Waals surface area contributed by atoms with Crippen molar-refractivity contribution in [1.82, 2.24) is 9.88 Å². The zero-order chi connectivity index (χ0) is 16.2. The Morgan fingerprint density at radius 1 is 1.26 bits per heavy atom. The normalized spacial score (nSPS) is 12.8. The highest BCUT2D eigenvalue weighted by Crippen LogP contribution is 2.34. The Hall–Kier alpha value is -2.27. The first-order valence-electron chi connectivity index (χ1n) is 7.47. The number of amides is 1. The zero-order valence-corrected chi connectivity index (χ0v) is 13.5. The van der Waals surface area contributed by atoms with Gasteiger partial charge in [-0.1, -0.05) is 23.7 Å². The topological polar surface area (TPSA) is 51.7 Å². The van der Waals surface area contributed by atoms with E-state index >= 15 is 0 Å². The molecule has 0 unspecified atom stereocenters. The molecule has 0 radical (unpaired) electrons. The van der Waals surface area contributed by atoms with Crippen molar-refractivity contribution >= 4 is 17.5 Å². The third-order valence-electron chi connectivity index (χ3n) is 3.65. The van der Waals surface area contributed by atoms with Crippen LogP contribution in [0.15, 0.2) is 36.5 Å². The predicted molar refractivity (Wildman–Crippen MR) is 87.1 cm³/mol. The zero-order valence-electron chi connectivity index (χ0n) is 12.8. The van der Waals surface area contributed by atoms with E-state index in [1.54, 1.807) is 17.0 Å². The van der Waals surface area contributed by atoms with Crippen molar-refractivity contribution in [3.63, 3.8) is 0 Å². The van der Waals surface area contributed by atoms with Gasteiger partial charge in [0.2, 0.25) is 0 Å². The van der Waals surface area contributed by atoms with Crippen LogP contribution >= 0.6 is 11.6 Å². The number of hydrogen-bond donors (Lipinski definition) is 0. The minimum atomic E-state index is -0.0917. The van der Waals surface area contributed by atoms with Gasteiger partial charge in [0.05, 0.1) is 5.56 Å². The monoisotopic (exact) mass is 332 g/mol. The number of ether oxygens (including phenoxy) is 2. The second-order valence-electron chi connectivity index (χ2n) is 5.13. The predicted octanol–water partition coefficient (Wildman–Crippen LogP) is 3.17. The Labute approximate surface area is 139 Å². The van der Waals surface area contributed by atoms with Gasteiger partial charge in [0, 0.05) is 24.8 Å². The molecular weight excluding hydrogens is 316 g/mol. The fourth-order valence-electron chi connectivity index (χ4n) is 2.48. The van der Waals surface area contributed by atoms with Crippen LogP contribution in [0.2, 0.25) is 5.15 Å². The van der Waals surface area contributed by atoms with E-state index in [1.807, 2.05) is 25.1 Å². The van der Waals surface area contributed by atoms with Crippen LogP contribution in [0.25, 0.3) is 0 Å². The van der Waals surface area contributed by atoms with Crippen molar-refractivity contribution in [3.05, 3.63) is 52.8 Å². The van der Waals surface area contributed by atoms with E-state index in [0.29, 0.717) is 37.0 Å². The summed E-state index contributed by atoms with van der Waals surface area (Å²) in [7, 11) is 0. The molecule has 1 aromatic heterocycles. The SMILES string of the molecule is CCN(Cc1cccc2c1OCCO2)C(=O)c1ccc(Cl)nc1. The third kappa shape index (κ3) is 3.40. The maximum atomic E-state index is 12.6.